The number of carbonyl (C=O) groups is 1. The molecule has 2 aromatic rings. The first kappa shape index (κ1) is 13.2. The van der Waals surface area contributed by atoms with Crippen LogP contribution in [0.5, 0.6) is 0 Å². The number of rotatable bonds is 1. The van der Waals surface area contributed by atoms with E-state index in [4.69, 9.17) is 5.73 Å². The molecule has 0 radical (unpaired) electrons. The first-order valence-electron chi connectivity index (χ1n) is 4.54. The average Bonchev–Trinajstić information content (AvgIpc) is 2.34. The van der Waals surface area contributed by atoms with E-state index in [2.05, 4.69) is 25.9 Å². The van der Waals surface area contributed by atoms with Crippen molar-refractivity contribution < 1.29 is 9.18 Å². The lowest BCUT2D eigenvalue weighted by Gasteiger charge is -1.88. The van der Waals surface area contributed by atoms with Gasteiger partial charge in [0.2, 0.25) is 0 Å². The van der Waals surface area contributed by atoms with Crippen LogP contribution in [0.3, 0.4) is 0 Å². The summed E-state index contributed by atoms with van der Waals surface area (Å²) in [6.45, 7) is 0. The molecule has 0 saturated heterocycles. The Morgan fingerprint density at radius 3 is 2.47 bits per heavy atom. The first-order valence-corrected chi connectivity index (χ1v) is 5.34. The lowest BCUT2D eigenvalue weighted by molar-refractivity contribution is 0.112. The summed E-state index contributed by atoms with van der Waals surface area (Å²) >= 11 is 3.23. The second kappa shape index (κ2) is 6.70. The summed E-state index contributed by atoms with van der Waals surface area (Å²) in [5.41, 5.74) is 5.55. The van der Waals surface area contributed by atoms with Gasteiger partial charge in [0, 0.05) is 22.4 Å². The van der Waals surface area contributed by atoms with Crippen LogP contribution in [-0.2, 0) is 0 Å². The second-order valence-corrected chi connectivity index (χ2v) is 3.87. The van der Waals surface area contributed by atoms with Gasteiger partial charge in [-0.2, -0.15) is 0 Å². The van der Waals surface area contributed by atoms with Gasteiger partial charge in [-0.3, -0.25) is 9.78 Å². The van der Waals surface area contributed by atoms with Crippen molar-refractivity contribution in [3.8, 4) is 0 Å². The largest absolute Gasteiger partial charge is 0.384 e. The van der Waals surface area contributed by atoms with Crippen molar-refractivity contribution in [3.05, 3.63) is 52.6 Å². The maximum absolute atomic E-state index is 12.1. The predicted octanol–water partition coefficient (Wildman–Crippen LogP) is 2.46. The number of pyridine rings is 2. The monoisotopic (exact) mass is 297 g/mol. The summed E-state index contributed by atoms with van der Waals surface area (Å²) in [6, 6.07) is 4.71. The van der Waals surface area contributed by atoms with Crippen molar-refractivity contribution in [2.45, 2.75) is 0 Å². The number of carbonyl (C=O) groups excluding carboxylic acids is 1. The molecule has 0 spiro atoms. The molecule has 0 aliphatic heterocycles. The maximum atomic E-state index is 12.1. The van der Waals surface area contributed by atoms with Crippen molar-refractivity contribution in [2.24, 2.45) is 0 Å². The molecule has 0 aromatic carbocycles. The van der Waals surface area contributed by atoms with Crippen LogP contribution < -0.4 is 5.73 Å². The fraction of sp³-hybridized carbons (Fsp3) is 0. The number of aromatic nitrogens is 2. The van der Waals surface area contributed by atoms with E-state index in [1.54, 1.807) is 12.3 Å². The van der Waals surface area contributed by atoms with E-state index in [9.17, 15) is 9.18 Å². The van der Waals surface area contributed by atoms with Crippen LogP contribution in [0.2, 0.25) is 0 Å². The summed E-state index contributed by atoms with van der Waals surface area (Å²) < 4.78 is 13.1. The molecule has 0 fully saturated rings. The first-order chi connectivity index (χ1) is 8.11. The summed E-state index contributed by atoms with van der Waals surface area (Å²) in [6.07, 6.45) is 4.56. The quantitative estimate of drug-likeness (QED) is 0.821. The Balaban J connectivity index is 0.000000171. The van der Waals surface area contributed by atoms with E-state index in [1.807, 2.05) is 6.07 Å². The lowest BCUT2D eigenvalue weighted by Crippen LogP contribution is -1.86. The van der Waals surface area contributed by atoms with Gasteiger partial charge >= 0.3 is 0 Å². The summed E-state index contributed by atoms with van der Waals surface area (Å²) in [5.74, 6) is 0.0628. The highest BCUT2D eigenvalue weighted by Gasteiger charge is 1.90. The number of hydrogen-bond acceptors (Lipinski definition) is 4. The molecule has 17 heavy (non-hydrogen) atoms. The minimum absolute atomic E-state index is 0.259. The van der Waals surface area contributed by atoms with E-state index in [0.717, 1.165) is 16.7 Å². The van der Waals surface area contributed by atoms with Crippen molar-refractivity contribution in [2.75, 3.05) is 5.73 Å². The van der Waals surface area contributed by atoms with Crippen molar-refractivity contribution in [1.82, 2.24) is 9.97 Å². The van der Waals surface area contributed by atoms with Gasteiger partial charge < -0.3 is 5.73 Å². The van der Waals surface area contributed by atoms with Gasteiger partial charge in [0.05, 0.1) is 6.20 Å². The normalized spacial score (nSPS) is 9.06. The van der Waals surface area contributed by atoms with Crippen LogP contribution in [-0.4, -0.2) is 16.3 Å². The SMILES string of the molecule is Nc1ccc(Br)cn1.O=Cc1cncc(F)c1. The molecule has 2 aromatic heterocycles. The molecule has 0 atom stereocenters. The number of nitrogens with zero attached hydrogens (tertiary/aromatic N) is 2. The molecule has 0 aliphatic rings. The maximum Gasteiger partial charge on any atom is 0.151 e. The predicted molar refractivity (Wildman–Crippen MR) is 65.9 cm³/mol. The fourth-order valence-corrected chi connectivity index (χ4v) is 1.11. The van der Waals surface area contributed by atoms with Gasteiger partial charge in [0.15, 0.2) is 6.29 Å². The highest BCUT2D eigenvalue weighted by molar-refractivity contribution is 9.10. The van der Waals surface area contributed by atoms with Crippen LogP contribution in [0.4, 0.5) is 10.2 Å². The number of hydrogen-bond donors (Lipinski definition) is 1. The third kappa shape index (κ3) is 5.17. The Bertz CT molecular complexity index is 469. The lowest BCUT2D eigenvalue weighted by atomic mass is 10.3. The van der Waals surface area contributed by atoms with Crippen LogP contribution in [0.25, 0.3) is 0 Å². The van der Waals surface area contributed by atoms with Crippen molar-refractivity contribution in [1.29, 1.82) is 0 Å². The van der Waals surface area contributed by atoms with Crippen LogP contribution in [0.15, 0.2) is 41.3 Å². The third-order valence-corrected chi connectivity index (χ3v) is 2.08. The molecule has 0 saturated carbocycles. The minimum Gasteiger partial charge on any atom is -0.384 e. The highest BCUT2D eigenvalue weighted by atomic mass is 79.9. The zero-order valence-electron chi connectivity index (χ0n) is 8.68. The van der Waals surface area contributed by atoms with Gasteiger partial charge in [-0.25, -0.2) is 9.37 Å². The number of halogens is 2. The minimum atomic E-state index is -0.486. The molecule has 2 heterocycles. The van der Waals surface area contributed by atoms with E-state index < -0.39 is 5.82 Å². The van der Waals surface area contributed by atoms with Crippen molar-refractivity contribution in [3.63, 3.8) is 0 Å². The van der Waals surface area contributed by atoms with Gasteiger partial charge in [0.1, 0.15) is 11.6 Å². The number of nitrogens with two attached hydrogens (primary N) is 1. The molecule has 2 rings (SSSR count). The summed E-state index contributed by atoms with van der Waals surface area (Å²) in [4.78, 5) is 17.2. The average molecular weight is 298 g/mol. The Hall–Kier alpha value is -1.82. The molecule has 4 nitrogen and oxygen atoms in total. The molecule has 88 valence electrons. The Morgan fingerprint density at radius 1 is 1.29 bits per heavy atom. The van der Waals surface area contributed by atoms with Gasteiger partial charge in [-0.05, 0) is 34.1 Å². The van der Waals surface area contributed by atoms with Gasteiger partial charge in [-0.15, -0.1) is 0 Å². The Labute approximate surface area is 106 Å². The van der Waals surface area contributed by atoms with E-state index in [1.165, 1.54) is 6.20 Å². The molecule has 0 amide bonds. The van der Waals surface area contributed by atoms with Gasteiger partial charge in [0.25, 0.3) is 0 Å². The molecular formula is C11H9BrFN3O. The zero-order valence-corrected chi connectivity index (χ0v) is 10.3. The zero-order chi connectivity index (χ0) is 12.7. The molecule has 6 heteroatoms. The summed E-state index contributed by atoms with van der Waals surface area (Å²) in [5, 5.41) is 0. The number of nitrogen functional groups attached to an aromatic ring is 1. The molecule has 0 aliphatic carbocycles. The standard InChI is InChI=1S/C6H4FNO.C5H5BrN2/c7-6-1-5(4-9)2-8-3-6;6-4-1-2-5(7)8-3-4/h1-4H;1-3H,(H2,7,8). The third-order valence-electron chi connectivity index (χ3n) is 1.61. The highest BCUT2D eigenvalue weighted by Crippen LogP contribution is 2.07. The van der Waals surface area contributed by atoms with Crippen LogP contribution >= 0.6 is 15.9 Å². The van der Waals surface area contributed by atoms with Crippen LogP contribution in [0.1, 0.15) is 10.4 Å². The van der Waals surface area contributed by atoms with E-state index in [0.29, 0.717) is 12.1 Å². The van der Waals surface area contributed by atoms with E-state index in [-0.39, 0.29) is 5.56 Å². The van der Waals surface area contributed by atoms with E-state index >= 15 is 0 Å². The summed E-state index contributed by atoms with van der Waals surface area (Å²) in [7, 11) is 0. The number of anilines is 1. The number of aldehydes is 1. The van der Waals surface area contributed by atoms with Crippen molar-refractivity contribution >= 4 is 28.0 Å². The molecular weight excluding hydrogens is 289 g/mol. The molecule has 0 unspecified atom stereocenters. The fourth-order valence-electron chi connectivity index (χ4n) is 0.880. The second-order valence-electron chi connectivity index (χ2n) is 2.96. The van der Waals surface area contributed by atoms with Gasteiger partial charge in [-0.1, -0.05) is 0 Å². The molecule has 2 N–H and O–H groups in total. The van der Waals surface area contributed by atoms with Crippen LogP contribution in [0, 0.1) is 5.82 Å². The molecule has 0 bridgehead atoms. The topological polar surface area (TPSA) is 68.9 Å². The Kier molecular flexibility index (Phi) is 5.22. The Morgan fingerprint density at radius 2 is 2.06 bits per heavy atom. The smallest absolute Gasteiger partial charge is 0.151 e.